The first kappa shape index (κ1) is 12.6. The van der Waals surface area contributed by atoms with E-state index in [0.29, 0.717) is 5.56 Å². The van der Waals surface area contributed by atoms with Gasteiger partial charge in [0.05, 0.1) is 17.8 Å². The van der Waals surface area contributed by atoms with E-state index in [-0.39, 0.29) is 18.1 Å². The smallest absolute Gasteiger partial charge is 0.159 e. The van der Waals surface area contributed by atoms with Gasteiger partial charge in [-0.25, -0.2) is 4.39 Å². The Bertz CT molecular complexity index is 402. The minimum absolute atomic E-state index is 0.121. The molecule has 0 saturated heterocycles. The average molecular weight is 225 g/mol. The number of carbonyl (C=O) groups is 1. The van der Waals surface area contributed by atoms with E-state index in [1.165, 1.54) is 25.1 Å². The largest absolute Gasteiger partial charge is 0.394 e. The highest BCUT2D eigenvalue weighted by atomic mass is 19.1. The van der Waals surface area contributed by atoms with Crippen LogP contribution in [0.3, 0.4) is 0 Å². The van der Waals surface area contributed by atoms with E-state index in [2.05, 4.69) is 5.32 Å². The Morgan fingerprint density at radius 1 is 1.50 bits per heavy atom. The lowest BCUT2D eigenvalue weighted by atomic mass is 10.1. The fraction of sp³-hybridized carbons (Fsp3) is 0.417. The van der Waals surface area contributed by atoms with Crippen molar-refractivity contribution in [2.24, 2.45) is 0 Å². The molecule has 0 amide bonds. The summed E-state index contributed by atoms with van der Waals surface area (Å²) in [6, 6.07) is 4.14. The van der Waals surface area contributed by atoms with Crippen LogP contribution in [0.1, 0.15) is 31.1 Å². The van der Waals surface area contributed by atoms with Gasteiger partial charge in [0, 0.05) is 5.56 Å². The van der Waals surface area contributed by atoms with Crippen molar-refractivity contribution in [1.82, 2.24) is 0 Å². The van der Waals surface area contributed by atoms with Gasteiger partial charge in [0.2, 0.25) is 0 Å². The number of aliphatic hydroxyl groups excluding tert-OH is 1. The summed E-state index contributed by atoms with van der Waals surface area (Å²) in [5, 5.41) is 11.9. The lowest BCUT2D eigenvalue weighted by Crippen LogP contribution is -2.35. The number of benzene rings is 1. The Balaban J connectivity index is 3.03. The summed E-state index contributed by atoms with van der Waals surface area (Å²) in [5.41, 5.74) is 0.0420. The summed E-state index contributed by atoms with van der Waals surface area (Å²) in [4.78, 5) is 11.1. The van der Waals surface area contributed by atoms with Crippen molar-refractivity contribution in [3.63, 3.8) is 0 Å². The second-order valence-corrected chi connectivity index (χ2v) is 4.42. The summed E-state index contributed by atoms with van der Waals surface area (Å²) < 4.78 is 13.4. The average Bonchev–Trinajstić information content (AvgIpc) is 2.21. The van der Waals surface area contributed by atoms with E-state index < -0.39 is 11.4 Å². The first-order valence-electron chi connectivity index (χ1n) is 5.05. The van der Waals surface area contributed by atoms with E-state index in [9.17, 15) is 9.18 Å². The Labute approximate surface area is 94.3 Å². The first-order chi connectivity index (χ1) is 7.35. The molecule has 0 heterocycles. The molecule has 0 aliphatic carbocycles. The number of ketones is 1. The number of hydrogen-bond donors (Lipinski definition) is 2. The van der Waals surface area contributed by atoms with Crippen molar-refractivity contribution in [2.45, 2.75) is 26.3 Å². The standard InChI is InChI=1S/C12H16FNO2/c1-8(16)9-4-5-10(13)11(6-9)14-12(2,3)7-15/h4-6,14-15H,7H2,1-3H3. The van der Waals surface area contributed by atoms with E-state index in [1.54, 1.807) is 13.8 Å². The zero-order valence-corrected chi connectivity index (χ0v) is 9.67. The summed E-state index contributed by atoms with van der Waals surface area (Å²) in [6.07, 6.45) is 0. The second-order valence-electron chi connectivity index (χ2n) is 4.42. The maximum Gasteiger partial charge on any atom is 0.159 e. The molecule has 0 unspecified atom stereocenters. The number of aliphatic hydroxyl groups is 1. The summed E-state index contributed by atoms with van der Waals surface area (Å²) >= 11 is 0. The molecule has 0 fully saturated rings. The van der Waals surface area contributed by atoms with Crippen LogP contribution in [0.25, 0.3) is 0 Å². The molecule has 16 heavy (non-hydrogen) atoms. The number of nitrogens with one attached hydrogen (secondary N) is 1. The number of hydrogen-bond acceptors (Lipinski definition) is 3. The molecular formula is C12H16FNO2. The normalized spacial score (nSPS) is 11.3. The van der Waals surface area contributed by atoms with Crippen molar-refractivity contribution in [2.75, 3.05) is 11.9 Å². The van der Waals surface area contributed by atoms with Gasteiger partial charge in [0.1, 0.15) is 5.82 Å². The number of anilines is 1. The summed E-state index contributed by atoms with van der Waals surface area (Å²) in [6.45, 7) is 4.78. The van der Waals surface area contributed by atoms with E-state index in [4.69, 9.17) is 5.11 Å². The van der Waals surface area contributed by atoms with Crippen LogP contribution in [0.15, 0.2) is 18.2 Å². The molecule has 1 rings (SSSR count). The zero-order valence-electron chi connectivity index (χ0n) is 9.67. The van der Waals surface area contributed by atoms with Gasteiger partial charge in [0.25, 0.3) is 0 Å². The number of halogens is 1. The zero-order chi connectivity index (χ0) is 12.3. The maximum atomic E-state index is 13.4. The van der Waals surface area contributed by atoms with Crippen LogP contribution >= 0.6 is 0 Å². The molecule has 0 aliphatic heterocycles. The predicted octanol–water partition coefficient (Wildman–Crippen LogP) is 2.21. The molecule has 3 nitrogen and oxygen atoms in total. The molecule has 0 spiro atoms. The molecule has 0 radical (unpaired) electrons. The van der Waals surface area contributed by atoms with Crippen LogP contribution in [0.4, 0.5) is 10.1 Å². The minimum atomic E-state index is -0.629. The molecule has 88 valence electrons. The molecule has 1 aromatic rings. The van der Waals surface area contributed by atoms with Crippen molar-refractivity contribution in [3.8, 4) is 0 Å². The third-order valence-corrected chi connectivity index (χ3v) is 2.24. The lowest BCUT2D eigenvalue weighted by Gasteiger charge is -2.25. The Morgan fingerprint density at radius 3 is 2.62 bits per heavy atom. The third kappa shape index (κ3) is 3.03. The van der Waals surface area contributed by atoms with Crippen LogP contribution < -0.4 is 5.32 Å². The molecular weight excluding hydrogens is 209 g/mol. The van der Waals surface area contributed by atoms with Gasteiger partial charge in [-0.05, 0) is 39.0 Å². The SMILES string of the molecule is CC(=O)c1ccc(F)c(NC(C)(C)CO)c1. The van der Waals surface area contributed by atoms with Crippen LogP contribution in [0.5, 0.6) is 0 Å². The van der Waals surface area contributed by atoms with E-state index in [0.717, 1.165) is 0 Å². The Morgan fingerprint density at radius 2 is 2.12 bits per heavy atom. The third-order valence-electron chi connectivity index (χ3n) is 2.24. The lowest BCUT2D eigenvalue weighted by molar-refractivity contribution is 0.101. The quantitative estimate of drug-likeness (QED) is 0.772. The molecule has 0 saturated carbocycles. The highest BCUT2D eigenvalue weighted by Crippen LogP contribution is 2.20. The summed E-state index contributed by atoms with van der Waals surface area (Å²) in [7, 11) is 0. The van der Waals surface area contributed by atoms with E-state index >= 15 is 0 Å². The Hall–Kier alpha value is -1.42. The molecule has 4 heteroatoms. The number of Topliss-reactive ketones (excluding diaryl/α,β-unsaturated/α-hetero) is 1. The topological polar surface area (TPSA) is 49.3 Å². The monoisotopic (exact) mass is 225 g/mol. The van der Waals surface area contributed by atoms with Gasteiger partial charge in [-0.2, -0.15) is 0 Å². The molecule has 1 aromatic carbocycles. The predicted molar refractivity (Wildman–Crippen MR) is 61.2 cm³/mol. The van der Waals surface area contributed by atoms with Crippen molar-refractivity contribution in [3.05, 3.63) is 29.6 Å². The summed E-state index contributed by atoms with van der Waals surface area (Å²) in [5.74, 6) is -0.559. The number of carbonyl (C=O) groups excluding carboxylic acids is 1. The first-order valence-corrected chi connectivity index (χ1v) is 5.05. The van der Waals surface area contributed by atoms with Gasteiger partial charge < -0.3 is 10.4 Å². The minimum Gasteiger partial charge on any atom is -0.394 e. The highest BCUT2D eigenvalue weighted by molar-refractivity contribution is 5.95. The van der Waals surface area contributed by atoms with Crippen molar-refractivity contribution < 1.29 is 14.3 Å². The van der Waals surface area contributed by atoms with Gasteiger partial charge in [0.15, 0.2) is 5.78 Å². The molecule has 0 bridgehead atoms. The Kier molecular flexibility index (Phi) is 3.65. The maximum absolute atomic E-state index is 13.4. The second kappa shape index (κ2) is 4.61. The molecule has 0 atom stereocenters. The van der Waals surface area contributed by atoms with Crippen LogP contribution in [0, 0.1) is 5.82 Å². The van der Waals surface area contributed by atoms with Crippen molar-refractivity contribution in [1.29, 1.82) is 0 Å². The number of rotatable bonds is 4. The fourth-order valence-electron chi connectivity index (χ4n) is 1.24. The van der Waals surface area contributed by atoms with Gasteiger partial charge in [-0.1, -0.05) is 0 Å². The van der Waals surface area contributed by atoms with Crippen LogP contribution in [0.2, 0.25) is 0 Å². The molecule has 0 aromatic heterocycles. The fourth-order valence-corrected chi connectivity index (χ4v) is 1.24. The van der Waals surface area contributed by atoms with Gasteiger partial charge >= 0.3 is 0 Å². The van der Waals surface area contributed by atoms with Crippen LogP contribution in [-0.2, 0) is 0 Å². The van der Waals surface area contributed by atoms with Crippen molar-refractivity contribution >= 4 is 11.5 Å². The molecule has 2 N–H and O–H groups in total. The van der Waals surface area contributed by atoms with E-state index in [1.807, 2.05) is 0 Å². The highest BCUT2D eigenvalue weighted by Gasteiger charge is 2.18. The van der Waals surface area contributed by atoms with Gasteiger partial charge in [-0.15, -0.1) is 0 Å². The molecule has 0 aliphatic rings. The van der Waals surface area contributed by atoms with Gasteiger partial charge in [-0.3, -0.25) is 4.79 Å². The van der Waals surface area contributed by atoms with Crippen LogP contribution in [-0.4, -0.2) is 23.0 Å².